The second-order valence-corrected chi connectivity index (χ2v) is 6.67. The molecule has 0 radical (unpaired) electrons. The molecular weight excluding hydrogens is 393 g/mol. The molecule has 3 rings (SSSR count). The number of aryl methyl sites for hydroxylation is 1. The Kier molecular flexibility index (Phi) is 6.01. The second kappa shape index (κ2) is 8.64. The zero-order chi connectivity index (χ0) is 21.8. The first-order valence-electron chi connectivity index (χ1n) is 9.03. The van der Waals surface area contributed by atoms with Crippen molar-refractivity contribution in [2.24, 2.45) is 0 Å². The summed E-state index contributed by atoms with van der Waals surface area (Å²) in [5, 5.41) is 14.5. The third-order valence-electron chi connectivity index (χ3n) is 4.57. The number of amides is 1. The second-order valence-electron chi connectivity index (χ2n) is 6.67. The largest absolute Gasteiger partial charge is 0.497 e. The molecule has 156 valence electrons. The highest BCUT2D eigenvalue weighted by atomic mass is 19.1. The normalized spacial score (nSPS) is 11.7. The fraction of sp³-hybridized carbons (Fsp3) is 0.190. The van der Waals surface area contributed by atoms with Crippen LogP contribution in [0.1, 0.15) is 34.1 Å². The molecule has 0 aliphatic heterocycles. The van der Waals surface area contributed by atoms with Crippen LogP contribution in [0.5, 0.6) is 5.75 Å². The smallest absolute Gasteiger partial charge is 0.305 e. The molecule has 1 atom stereocenters. The number of nitrogens with zero attached hydrogens (tertiary/aromatic N) is 1. The van der Waals surface area contributed by atoms with E-state index in [0.717, 1.165) is 22.4 Å². The molecule has 1 unspecified atom stereocenters. The molecule has 0 saturated heterocycles. The number of carboxylic acid groups (broad SMARTS) is 1. The van der Waals surface area contributed by atoms with Crippen LogP contribution in [0.4, 0.5) is 4.39 Å². The van der Waals surface area contributed by atoms with Crippen LogP contribution in [0.2, 0.25) is 0 Å². The Bertz CT molecular complexity index is 1150. The standard InChI is InChI=1S/C21H20FN3O5/c1-12-8-15(30-2)6-7-16(12)17(11-20(27)28)23-21(29)18-10-19(26)25(24-18)14-5-3-4-13(22)9-14/h3-10,17,24H,11H2,1-2H3,(H,23,29)(H,27,28). The number of carbonyl (C=O) groups is 2. The van der Waals surface area contributed by atoms with Gasteiger partial charge in [0.2, 0.25) is 0 Å². The van der Waals surface area contributed by atoms with Gasteiger partial charge in [0.25, 0.3) is 11.5 Å². The number of nitrogens with one attached hydrogen (secondary N) is 2. The van der Waals surface area contributed by atoms with Crippen molar-refractivity contribution in [3.05, 3.63) is 81.5 Å². The molecule has 0 spiro atoms. The van der Waals surface area contributed by atoms with Gasteiger partial charge in [-0.1, -0.05) is 12.1 Å². The van der Waals surface area contributed by atoms with Gasteiger partial charge in [-0.2, -0.15) is 0 Å². The molecule has 0 aliphatic carbocycles. The minimum absolute atomic E-state index is 0.0779. The fourth-order valence-electron chi connectivity index (χ4n) is 3.13. The van der Waals surface area contributed by atoms with Gasteiger partial charge in [0.1, 0.15) is 17.3 Å². The van der Waals surface area contributed by atoms with Gasteiger partial charge in [-0.05, 0) is 48.4 Å². The van der Waals surface area contributed by atoms with Crippen LogP contribution in [-0.2, 0) is 4.79 Å². The Morgan fingerprint density at radius 3 is 2.63 bits per heavy atom. The van der Waals surface area contributed by atoms with Crippen LogP contribution < -0.4 is 15.6 Å². The quantitative estimate of drug-likeness (QED) is 0.551. The van der Waals surface area contributed by atoms with E-state index in [1.54, 1.807) is 25.1 Å². The Morgan fingerprint density at radius 2 is 2.00 bits per heavy atom. The third-order valence-corrected chi connectivity index (χ3v) is 4.57. The molecule has 1 aromatic heterocycles. The monoisotopic (exact) mass is 413 g/mol. The Balaban J connectivity index is 1.89. The first kappa shape index (κ1) is 20.8. The first-order chi connectivity index (χ1) is 14.3. The lowest BCUT2D eigenvalue weighted by atomic mass is 9.98. The predicted octanol–water partition coefficient (Wildman–Crippen LogP) is 2.57. The zero-order valence-electron chi connectivity index (χ0n) is 16.3. The van der Waals surface area contributed by atoms with Crippen molar-refractivity contribution >= 4 is 11.9 Å². The van der Waals surface area contributed by atoms with Crippen molar-refractivity contribution in [2.75, 3.05) is 7.11 Å². The summed E-state index contributed by atoms with van der Waals surface area (Å²) < 4.78 is 19.6. The highest BCUT2D eigenvalue weighted by molar-refractivity contribution is 5.92. The number of methoxy groups -OCH3 is 1. The van der Waals surface area contributed by atoms with Gasteiger partial charge in [0, 0.05) is 6.07 Å². The molecule has 9 heteroatoms. The number of halogens is 1. The highest BCUT2D eigenvalue weighted by Crippen LogP contribution is 2.25. The van der Waals surface area contributed by atoms with E-state index in [1.165, 1.54) is 25.3 Å². The van der Waals surface area contributed by atoms with Crippen molar-refractivity contribution < 1.29 is 23.8 Å². The third kappa shape index (κ3) is 4.57. The molecule has 1 amide bonds. The number of carboxylic acids is 1. The lowest BCUT2D eigenvalue weighted by molar-refractivity contribution is -0.137. The molecular formula is C21H20FN3O5. The molecule has 0 fully saturated rings. The number of hydrogen-bond acceptors (Lipinski definition) is 4. The molecule has 3 N–H and O–H groups in total. The molecule has 1 heterocycles. The van der Waals surface area contributed by atoms with Gasteiger partial charge in [-0.3, -0.25) is 19.5 Å². The number of H-pyrrole nitrogens is 1. The molecule has 30 heavy (non-hydrogen) atoms. The van der Waals surface area contributed by atoms with Crippen molar-refractivity contribution in [3.63, 3.8) is 0 Å². The van der Waals surface area contributed by atoms with Crippen molar-refractivity contribution in [3.8, 4) is 11.4 Å². The highest BCUT2D eigenvalue weighted by Gasteiger charge is 2.22. The van der Waals surface area contributed by atoms with Crippen LogP contribution >= 0.6 is 0 Å². The average Bonchev–Trinajstić information content (AvgIpc) is 3.09. The molecule has 0 bridgehead atoms. The number of aliphatic carboxylic acids is 1. The summed E-state index contributed by atoms with van der Waals surface area (Å²) in [5.74, 6) is -1.69. The van der Waals surface area contributed by atoms with E-state index >= 15 is 0 Å². The molecule has 8 nitrogen and oxygen atoms in total. The number of aromatic amines is 1. The van der Waals surface area contributed by atoms with Gasteiger partial charge >= 0.3 is 5.97 Å². The van der Waals surface area contributed by atoms with Crippen LogP contribution in [-0.4, -0.2) is 33.9 Å². The summed E-state index contributed by atoms with van der Waals surface area (Å²) in [5.41, 5.74) is 0.948. The summed E-state index contributed by atoms with van der Waals surface area (Å²) >= 11 is 0. The summed E-state index contributed by atoms with van der Waals surface area (Å²) in [4.78, 5) is 36.3. The summed E-state index contributed by atoms with van der Waals surface area (Å²) in [6, 6.07) is 10.7. The van der Waals surface area contributed by atoms with E-state index < -0.39 is 29.3 Å². The predicted molar refractivity (Wildman–Crippen MR) is 107 cm³/mol. The lowest BCUT2D eigenvalue weighted by Gasteiger charge is -2.19. The number of hydrogen-bond donors (Lipinski definition) is 3. The summed E-state index contributed by atoms with van der Waals surface area (Å²) in [6.45, 7) is 1.78. The number of ether oxygens (including phenoxy) is 1. The van der Waals surface area contributed by atoms with E-state index in [2.05, 4.69) is 10.4 Å². The Labute approximate surface area is 170 Å². The number of aromatic nitrogens is 2. The van der Waals surface area contributed by atoms with Crippen molar-refractivity contribution in [1.29, 1.82) is 0 Å². The molecule has 3 aromatic rings. The Hall–Kier alpha value is -3.88. The lowest BCUT2D eigenvalue weighted by Crippen LogP contribution is -2.31. The Morgan fingerprint density at radius 1 is 1.23 bits per heavy atom. The topological polar surface area (TPSA) is 113 Å². The summed E-state index contributed by atoms with van der Waals surface area (Å²) in [7, 11) is 1.52. The zero-order valence-corrected chi connectivity index (χ0v) is 16.3. The van der Waals surface area contributed by atoms with E-state index in [0.29, 0.717) is 11.3 Å². The van der Waals surface area contributed by atoms with Crippen molar-refractivity contribution in [1.82, 2.24) is 15.1 Å². The van der Waals surface area contributed by atoms with E-state index in [9.17, 15) is 23.9 Å². The van der Waals surface area contributed by atoms with Gasteiger partial charge in [-0.25, -0.2) is 9.07 Å². The van der Waals surface area contributed by atoms with Crippen LogP contribution in [0, 0.1) is 12.7 Å². The number of carbonyl (C=O) groups excluding carboxylic acids is 1. The number of rotatable bonds is 7. The molecule has 0 aliphatic rings. The van der Waals surface area contributed by atoms with Gasteiger partial charge in [0.15, 0.2) is 0 Å². The van der Waals surface area contributed by atoms with Gasteiger partial charge in [-0.15, -0.1) is 0 Å². The van der Waals surface area contributed by atoms with E-state index in [1.807, 2.05) is 0 Å². The minimum Gasteiger partial charge on any atom is -0.497 e. The minimum atomic E-state index is -1.10. The number of benzene rings is 2. The van der Waals surface area contributed by atoms with E-state index in [-0.39, 0.29) is 17.8 Å². The van der Waals surface area contributed by atoms with E-state index in [4.69, 9.17) is 4.74 Å². The molecule has 0 saturated carbocycles. The van der Waals surface area contributed by atoms with Gasteiger partial charge < -0.3 is 15.2 Å². The fourth-order valence-corrected chi connectivity index (χ4v) is 3.13. The SMILES string of the molecule is COc1ccc(C(CC(=O)O)NC(=O)c2cc(=O)n(-c3cccc(F)c3)[nH]2)c(C)c1. The van der Waals surface area contributed by atoms with Crippen LogP contribution in [0.25, 0.3) is 5.69 Å². The van der Waals surface area contributed by atoms with Crippen molar-refractivity contribution in [2.45, 2.75) is 19.4 Å². The maximum absolute atomic E-state index is 13.4. The van der Waals surface area contributed by atoms with Crippen LogP contribution in [0.15, 0.2) is 53.3 Å². The summed E-state index contributed by atoms with van der Waals surface area (Å²) in [6.07, 6.45) is -0.353. The molecule has 2 aromatic carbocycles. The maximum atomic E-state index is 13.4. The van der Waals surface area contributed by atoms with Crippen LogP contribution in [0.3, 0.4) is 0 Å². The average molecular weight is 413 g/mol. The van der Waals surface area contributed by atoms with Gasteiger partial charge in [0.05, 0.1) is 25.3 Å². The first-order valence-corrected chi connectivity index (χ1v) is 9.03. The maximum Gasteiger partial charge on any atom is 0.305 e.